The van der Waals surface area contributed by atoms with Gasteiger partial charge in [-0.15, -0.1) is 0 Å². The predicted octanol–water partition coefficient (Wildman–Crippen LogP) is 16.1. The van der Waals surface area contributed by atoms with Gasteiger partial charge in [-0.3, -0.25) is 4.57 Å². The van der Waals surface area contributed by atoms with Crippen LogP contribution in [0.25, 0.3) is 116 Å². The Morgan fingerprint density at radius 3 is 1.57 bits per heavy atom. The van der Waals surface area contributed by atoms with Crippen LogP contribution in [0.2, 0.25) is 0 Å². The zero-order valence-corrected chi connectivity index (χ0v) is 34.4. The number of imidazole rings is 1. The van der Waals surface area contributed by atoms with Crippen LogP contribution in [0.3, 0.4) is 0 Å². The molecule has 2 heteroatoms. The Bertz CT molecular complexity index is 3510. The lowest BCUT2D eigenvalue weighted by Gasteiger charge is -2.21. The molecule has 0 N–H and O–H groups in total. The van der Waals surface area contributed by atoms with Crippen molar-refractivity contribution in [3.8, 4) is 72.7 Å². The van der Waals surface area contributed by atoms with E-state index in [0.29, 0.717) is 0 Å². The van der Waals surface area contributed by atoms with Crippen molar-refractivity contribution in [3.63, 3.8) is 0 Å². The molecule has 0 saturated carbocycles. The van der Waals surface area contributed by atoms with Gasteiger partial charge in [0.2, 0.25) is 0 Å². The van der Waals surface area contributed by atoms with E-state index in [1.807, 2.05) is 0 Å². The van der Waals surface area contributed by atoms with Crippen LogP contribution in [0.5, 0.6) is 0 Å². The average Bonchev–Trinajstić information content (AvgIpc) is 3.88. The van der Waals surface area contributed by atoms with E-state index in [9.17, 15) is 0 Å². The van der Waals surface area contributed by atoms with Crippen LogP contribution in [-0.4, -0.2) is 9.55 Å². The molecule has 0 amide bonds. The molecule has 10 aromatic carbocycles. The molecule has 1 aliphatic rings. The molecule has 2 nitrogen and oxygen atoms in total. The fourth-order valence-electron chi connectivity index (χ4n) is 10.0. The Labute approximate surface area is 356 Å². The van der Waals surface area contributed by atoms with E-state index < -0.39 is 0 Å². The lowest BCUT2D eigenvalue weighted by Crippen LogP contribution is -2.11. The van der Waals surface area contributed by atoms with Crippen molar-refractivity contribution in [1.29, 1.82) is 0 Å². The summed E-state index contributed by atoms with van der Waals surface area (Å²) in [4.78, 5) is 5.59. The van der Waals surface area contributed by atoms with Crippen molar-refractivity contribution in [1.82, 2.24) is 9.55 Å². The van der Waals surface area contributed by atoms with Crippen LogP contribution in [0.1, 0.15) is 26.3 Å². The van der Waals surface area contributed by atoms with Crippen molar-refractivity contribution in [2.24, 2.45) is 0 Å². The highest BCUT2D eigenvalue weighted by molar-refractivity contribution is 6.25. The molecule has 0 bridgehead atoms. The molecule has 0 spiro atoms. The summed E-state index contributed by atoms with van der Waals surface area (Å²) >= 11 is 0. The third-order valence-electron chi connectivity index (χ3n) is 12.9. The monoisotopic (exact) mass is 778 g/mol. The Balaban J connectivity index is 1.12. The van der Waals surface area contributed by atoms with E-state index in [1.165, 1.54) is 88.1 Å². The molecule has 11 aromatic rings. The van der Waals surface area contributed by atoms with Gasteiger partial charge in [-0.2, -0.15) is 0 Å². The molecule has 0 fully saturated rings. The summed E-state index contributed by atoms with van der Waals surface area (Å²) in [6.07, 6.45) is 0. The van der Waals surface area contributed by atoms with Gasteiger partial charge in [0.15, 0.2) is 0 Å². The zero-order chi connectivity index (χ0) is 40.8. The Hall–Kier alpha value is -7.55. The molecule has 12 rings (SSSR count). The van der Waals surface area contributed by atoms with Gasteiger partial charge in [-0.05, 0) is 106 Å². The first-order chi connectivity index (χ1) is 29.9. The molecule has 0 atom stereocenters. The molecular formula is C59H42N2. The number of fused-ring (bicyclic) bond motifs is 9. The van der Waals surface area contributed by atoms with Gasteiger partial charge in [-0.25, -0.2) is 4.98 Å². The quantitative estimate of drug-likeness (QED) is 0.159. The first kappa shape index (κ1) is 35.4. The third kappa shape index (κ3) is 5.45. The lowest BCUT2D eigenvalue weighted by molar-refractivity contribution is 0.590. The van der Waals surface area contributed by atoms with Crippen molar-refractivity contribution in [2.45, 2.75) is 26.2 Å². The normalized spacial score (nSPS) is 12.2. The van der Waals surface area contributed by atoms with Crippen molar-refractivity contribution in [3.05, 3.63) is 206 Å². The molecule has 61 heavy (non-hydrogen) atoms. The van der Waals surface area contributed by atoms with Crippen molar-refractivity contribution >= 4 is 43.4 Å². The molecule has 1 aliphatic carbocycles. The van der Waals surface area contributed by atoms with E-state index >= 15 is 0 Å². The fourth-order valence-corrected chi connectivity index (χ4v) is 10.0. The maximum atomic E-state index is 5.59. The smallest absolute Gasteiger partial charge is 0.145 e. The van der Waals surface area contributed by atoms with Gasteiger partial charge >= 0.3 is 0 Å². The Morgan fingerprint density at radius 1 is 0.393 bits per heavy atom. The lowest BCUT2D eigenvalue weighted by atomic mass is 9.82. The molecule has 0 radical (unpaired) electrons. The number of hydrogen-bond donors (Lipinski definition) is 0. The van der Waals surface area contributed by atoms with Gasteiger partial charge in [0.05, 0.1) is 11.0 Å². The van der Waals surface area contributed by atoms with E-state index in [1.54, 1.807) is 0 Å². The summed E-state index contributed by atoms with van der Waals surface area (Å²) < 4.78 is 2.39. The number of rotatable bonds is 5. The molecule has 0 saturated heterocycles. The number of benzene rings is 10. The van der Waals surface area contributed by atoms with Crippen LogP contribution >= 0.6 is 0 Å². The van der Waals surface area contributed by atoms with E-state index in [-0.39, 0.29) is 5.41 Å². The minimum absolute atomic E-state index is 0.0446. The standard InChI is InChI=1S/C59H42N2/c1-59(2,3)42-32-34-43(35-33-42)61-57-47-25-13-11-23-45(47)44-22-10-12-24-46(44)56(57)60-58(61)41-30-28-38(29-31-41)50-36-51(37-16-6-4-7-17-37)54-48-26-14-20-39-21-15-27-49(52(39)48)55(54)53(50)40-18-8-5-9-19-40/h4-36H,1-3H3. The van der Waals surface area contributed by atoms with Gasteiger partial charge in [0.25, 0.3) is 0 Å². The summed E-state index contributed by atoms with van der Waals surface area (Å²) in [6, 6.07) is 73.6. The molecule has 1 heterocycles. The summed E-state index contributed by atoms with van der Waals surface area (Å²) in [5.74, 6) is 0.927. The van der Waals surface area contributed by atoms with E-state index in [2.05, 4.69) is 226 Å². The predicted molar refractivity (Wildman–Crippen MR) is 258 cm³/mol. The first-order valence-electron chi connectivity index (χ1n) is 21.3. The number of aromatic nitrogens is 2. The molecule has 0 aliphatic heterocycles. The molecule has 288 valence electrons. The summed E-state index contributed by atoms with van der Waals surface area (Å²) in [7, 11) is 0. The molecular weight excluding hydrogens is 737 g/mol. The number of hydrogen-bond acceptors (Lipinski definition) is 1. The molecule has 1 aromatic heterocycles. The van der Waals surface area contributed by atoms with Gasteiger partial charge in [0, 0.05) is 22.0 Å². The van der Waals surface area contributed by atoms with Crippen LogP contribution in [0, 0.1) is 0 Å². The van der Waals surface area contributed by atoms with Crippen LogP contribution in [0.15, 0.2) is 200 Å². The highest BCUT2D eigenvalue weighted by atomic mass is 15.1. The van der Waals surface area contributed by atoms with Gasteiger partial charge in [-0.1, -0.05) is 203 Å². The maximum Gasteiger partial charge on any atom is 0.145 e. The van der Waals surface area contributed by atoms with Gasteiger partial charge < -0.3 is 0 Å². The zero-order valence-electron chi connectivity index (χ0n) is 34.4. The number of nitrogens with zero attached hydrogens (tertiary/aromatic N) is 2. The maximum absolute atomic E-state index is 5.59. The third-order valence-corrected chi connectivity index (χ3v) is 12.9. The second-order valence-electron chi connectivity index (χ2n) is 17.5. The summed E-state index contributed by atoms with van der Waals surface area (Å²) in [5.41, 5.74) is 18.2. The van der Waals surface area contributed by atoms with Crippen LogP contribution in [-0.2, 0) is 5.41 Å². The Kier molecular flexibility index (Phi) is 7.83. The molecule has 0 unspecified atom stereocenters. The second-order valence-corrected chi connectivity index (χ2v) is 17.5. The van der Waals surface area contributed by atoms with Crippen molar-refractivity contribution in [2.75, 3.05) is 0 Å². The van der Waals surface area contributed by atoms with Crippen LogP contribution in [0.4, 0.5) is 0 Å². The van der Waals surface area contributed by atoms with E-state index in [0.717, 1.165) is 33.5 Å². The first-order valence-corrected chi connectivity index (χ1v) is 21.3. The van der Waals surface area contributed by atoms with E-state index in [4.69, 9.17) is 4.98 Å². The fraction of sp³-hybridized carbons (Fsp3) is 0.0678. The van der Waals surface area contributed by atoms with Gasteiger partial charge in [0.1, 0.15) is 5.82 Å². The largest absolute Gasteiger partial charge is 0.292 e. The SMILES string of the molecule is CC(C)(C)c1ccc(-n2c(-c3ccc(-c4cc(-c5ccccc5)c5c(c4-c4ccccc4)-c4cccc6cccc-5c46)cc3)nc3c4ccccc4c4ccccc4c32)cc1. The van der Waals surface area contributed by atoms with Crippen LogP contribution < -0.4 is 0 Å². The topological polar surface area (TPSA) is 17.8 Å². The minimum Gasteiger partial charge on any atom is -0.292 e. The summed E-state index contributed by atoms with van der Waals surface area (Å²) in [5, 5.41) is 7.41. The minimum atomic E-state index is 0.0446. The highest BCUT2D eigenvalue weighted by Gasteiger charge is 2.30. The Morgan fingerprint density at radius 2 is 0.918 bits per heavy atom. The second kappa shape index (κ2) is 13.5. The highest BCUT2D eigenvalue weighted by Crippen LogP contribution is 2.57. The average molecular weight is 779 g/mol. The van der Waals surface area contributed by atoms with Crippen molar-refractivity contribution < 1.29 is 0 Å². The summed E-state index contributed by atoms with van der Waals surface area (Å²) in [6.45, 7) is 6.81.